The van der Waals surface area contributed by atoms with Gasteiger partial charge in [-0.2, -0.15) is 0 Å². The second kappa shape index (κ2) is 4.91. The fraction of sp³-hybridized carbons (Fsp3) is 0.364. The lowest BCUT2D eigenvalue weighted by Gasteiger charge is -2.13. The average Bonchev–Trinajstić information content (AvgIpc) is 2.93. The summed E-state index contributed by atoms with van der Waals surface area (Å²) < 4.78 is 15.6. The van der Waals surface area contributed by atoms with Gasteiger partial charge in [-0.3, -0.25) is 4.90 Å². The van der Waals surface area contributed by atoms with Crippen molar-refractivity contribution in [1.29, 1.82) is 0 Å². The Bertz CT molecular complexity index is 468. The molecule has 2 aliphatic rings. The summed E-state index contributed by atoms with van der Waals surface area (Å²) in [6, 6.07) is 5.34. The fourth-order valence-electron chi connectivity index (χ4n) is 1.91. The summed E-state index contributed by atoms with van der Waals surface area (Å²) in [4.78, 5) is 13.2. The largest absolute Gasteiger partial charge is 0.454 e. The third kappa shape index (κ3) is 2.04. The number of anilines is 1. The average molecular weight is 273 g/mol. The molecule has 6 nitrogen and oxygen atoms in total. The summed E-state index contributed by atoms with van der Waals surface area (Å²) >= 11 is 0. The van der Waals surface area contributed by atoms with Gasteiger partial charge in [0.2, 0.25) is 6.79 Å². The van der Waals surface area contributed by atoms with Gasteiger partial charge in [-0.25, -0.2) is 4.79 Å². The molecule has 2 N–H and O–H groups in total. The molecule has 0 aliphatic carbocycles. The molecule has 0 aromatic heterocycles. The van der Waals surface area contributed by atoms with Gasteiger partial charge in [0.25, 0.3) is 0 Å². The number of rotatable bonds is 2. The number of fused-ring (bicyclic) bond motifs is 1. The quantitative estimate of drug-likeness (QED) is 0.873. The molecule has 98 valence electrons. The first-order valence-electron chi connectivity index (χ1n) is 5.36. The van der Waals surface area contributed by atoms with E-state index in [1.54, 1.807) is 23.1 Å². The zero-order valence-electron chi connectivity index (χ0n) is 9.50. The fourth-order valence-corrected chi connectivity index (χ4v) is 1.91. The Balaban J connectivity index is 0.00000120. The molecule has 1 saturated heterocycles. The van der Waals surface area contributed by atoms with Crippen LogP contribution in [0.1, 0.15) is 0 Å². The van der Waals surface area contributed by atoms with Crippen molar-refractivity contribution < 1.29 is 19.0 Å². The molecule has 18 heavy (non-hydrogen) atoms. The minimum atomic E-state index is -0.376. The topological polar surface area (TPSA) is 74.0 Å². The Morgan fingerprint density at radius 2 is 2.11 bits per heavy atom. The van der Waals surface area contributed by atoms with Crippen molar-refractivity contribution in [3.8, 4) is 11.5 Å². The maximum Gasteiger partial charge on any atom is 0.414 e. The van der Waals surface area contributed by atoms with Crippen molar-refractivity contribution in [2.45, 2.75) is 6.10 Å². The monoisotopic (exact) mass is 272 g/mol. The number of nitrogens with zero attached hydrogens (tertiary/aromatic N) is 1. The number of cyclic esters (lactones) is 1. The summed E-state index contributed by atoms with van der Waals surface area (Å²) in [7, 11) is 0. The van der Waals surface area contributed by atoms with E-state index in [0.717, 1.165) is 5.69 Å². The molecule has 2 aliphatic heterocycles. The number of hydrogen-bond donors (Lipinski definition) is 1. The number of carbonyl (C=O) groups is 1. The Morgan fingerprint density at radius 1 is 1.33 bits per heavy atom. The van der Waals surface area contributed by atoms with E-state index in [-0.39, 0.29) is 31.4 Å². The number of hydrogen-bond acceptors (Lipinski definition) is 5. The summed E-state index contributed by atoms with van der Waals surface area (Å²) in [5.41, 5.74) is 6.21. The van der Waals surface area contributed by atoms with Gasteiger partial charge in [-0.05, 0) is 12.1 Å². The van der Waals surface area contributed by atoms with E-state index >= 15 is 0 Å². The second-order valence-corrected chi connectivity index (χ2v) is 3.89. The highest BCUT2D eigenvalue weighted by molar-refractivity contribution is 5.90. The van der Waals surface area contributed by atoms with E-state index in [1.807, 2.05) is 0 Å². The zero-order valence-corrected chi connectivity index (χ0v) is 10.3. The maximum atomic E-state index is 11.6. The molecule has 3 rings (SSSR count). The van der Waals surface area contributed by atoms with Crippen LogP contribution in [0.4, 0.5) is 10.5 Å². The van der Waals surface area contributed by atoms with E-state index in [4.69, 9.17) is 19.9 Å². The van der Waals surface area contributed by atoms with Gasteiger partial charge in [0.1, 0.15) is 6.10 Å². The normalized spacial score (nSPS) is 20.6. The molecule has 1 fully saturated rings. The molecule has 2 heterocycles. The van der Waals surface area contributed by atoms with Gasteiger partial charge >= 0.3 is 6.09 Å². The predicted molar refractivity (Wildman–Crippen MR) is 66.5 cm³/mol. The van der Waals surface area contributed by atoms with E-state index in [1.165, 1.54) is 0 Å². The molecule has 0 spiro atoms. The van der Waals surface area contributed by atoms with Crippen LogP contribution in [-0.4, -0.2) is 32.1 Å². The molecule has 1 amide bonds. The van der Waals surface area contributed by atoms with E-state index in [0.29, 0.717) is 24.6 Å². The van der Waals surface area contributed by atoms with Crippen molar-refractivity contribution in [2.24, 2.45) is 5.73 Å². The maximum absolute atomic E-state index is 11.6. The summed E-state index contributed by atoms with van der Waals surface area (Å²) in [5.74, 6) is 1.34. The number of amides is 1. The van der Waals surface area contributed by atoms with Crippen LogP contribution < -0.4 is 20.1 Å². The first kappa shape index (κ1) is 12.8. The van der Waals surface area contributed by atoms with Crippen LogP contribution >= 0.6 is 12.4 Å². The molecular formula is C11H13ClN2O4. The molecular weight excluding hydrogens is 260 g/mol. The van der Waals surface area contributed by atoms with Crippen LogP contribution in [0.15, 0.2) is 18.2 Å². The first-order valence-corrected chi connectivity index (χ1v) is 5.36. The lowest BCUT2D eigenvalue weighted by atomic mass is 10.2. The highest BCUT2D eigenvalue weighted by atomic mass is 35.5. The minimum absolute atomic E-state index is 0. The third-order valence-corrected chi connectivity index (χ3v) is 2.80. The SMILES string of the molecule is Cl.NCC1CN(c2ccc3c(c2)OCO3)C(=O)O1. The number of benzene rings is 1. The predicted octanol–water partition coefficient (Wildman–Crippen LogP) is 1.12. The third-order valence-electron chi connectivity index (χ3n) is 2.80. The van der Waals surface area contributed by atoms with Crippen LogP contribution in [0.2, 0.25) is 0 Å². The zero-order chi connectivity index (χ0) is 11.8. The van der Waals surface area contributed by atoms with E-state index in [9.17, 15) is 4.79 Å². The molecule has 7 heteroatoms. The molecule has 1 atom stereocenters. The van der Waals surface area contributed by atoms with Crippen molar-refractivity contribution in [3.63, 3.8) is 0 Å². The van der Waals surface area contributed by atoms with Gasteiger partial charge in [0.05, 0.1) is 12.2 Å². The van der Waals surface area contributed by atoms with Crippen molar-refractivity contribution >= 4 is 24.2 Å². The molecule has 0 radical (unpaired) electrons. The molecule has 1 aromatic rings. The molecule has 1 aromatic carbocycles. The van der Waals surface area contributed by atoms with Crippen LogP contribution in [0, 0.1) is 0 Å². The van der Waals surface area contributed by atoms with Crippen LogP contribution in [-0.2, 0) is 4.74 Å². The summed E-state index contributed by atoms with van der Waals surface area (Å²) in [5, 5.41) is 0. The molecule has 1 unspecified atom stereocenters. The van der Waals surface area contributed by atoms with Gasteiger partial charge in [0, 0.05) is 12.6 Å². The minimum Gasteiger partial charge on any atom is -0.454 e. The van der Waals surface area contributed by atoms with Gasteiger partial charge < -0.3 is 19.9 Å². The Hall–Kier alpha value is -1.66. The standard InChI is InChI=1S/C11H12N2O4.ClH/c12-4-8-5-13(11(14)17-8)7-1-2-9-10(3-7)16-6-15-9;/h1-3,8H,4-6,12H2;1H. The second-order valence-electron chi connectivity index (χ2n) is 3.89. The van der Waals surface area contributed by atoms with Crippen molar-refractivity contribution in [3.05, 3.63) is 18.2 Å². The molecule has 0 saturated carbocycles. The van der Waals surface area contributed by atoms with E-state index < -0.39 is 0 Å². The van der Waals surface area contributed by atoms with Crippen molar-refractivity contribution in [2.75, 3.05) is 24.8 Å². The lowest BCUT2D eigenvalue weighted by Crippen LogP contribution is -2.27. The summed E-state index contributed by atoms with van der Waals surface area (Å²) in [6.07, 6.45) is -0.618. The van der Waals surface area contributed by atoms with E-state index in [2.05, 4.69) is 0 Å². The van der Waals surface area contributed by atoms with Crippen LogP contribution in [0.25, 0.3) is 0 Å². The Labute approximate surface area is 110 Å². The van der Waals surface area contributed by atoms with Gasteiger partial charge in [-0.1, -0.05) is 0 Å². The lowest BCUT2D eigenvalue weighted by molar-refractivity contribution is 0.145. The first-order chi connectivity index (χ1) is 8.28. The molecule has 0 bridgehead atoms. The smallest absolute Gasteiger partial charge is 0.414 e. The van der Waals surface area contributed by atoms with Crippen LogP contribution in [0.5, 0.6) is 11.5 Å². The Kier molecular flexibility index (Phi) is 3.49. The highest BCUT2D eigenvalue weighted by Gasteiger charge is 2.32. The summed E-state index contributed by atoms with van der Waals surface area (Å²) in [6.45, 7) is 1.01. The van der Waals surface area contributed by atoms with Gasteiger partial charge in [0.15, 0.2) is 11.5 Å². The Morgan fingerprint density at radius 3 is 2.83 bits per heavy atom. The van der Waals surface area contributed by atoms with Crippen molar-refractivity contribution in [1.82, 2.24) is 0 Å². The van der Waals surface area contributed by atoms with Crippen LogP contribution in [0.3, 0.4) is 0 Å². The number of nitrogens with two attached hydrogens (primary N) is 1. The highest BCUT2D eigenvalue weighted by Crippen LogP contribution is 2.36. The number of carbonyl (C=O) groups excluding carboxylic acids is 1. The number of ether oxygens (including phenoxy) is 3. The van der Waals surface area contributed by atoms with Gasteiger partial charge in [-0.15, -0.1) is 12.4 Å². The number of halogens is 1.